The van der Waals surface area contributed by atoms with Gasteiger partial charge in [-0.3, -0.25) is 4.90 Å². The van der Waals surface area contributed by atoms with Crippen molar-refractivity contribution < 1.29 is 0 Å². The summed E-state index contributed by atoms with van der Waals surface area (Å²) in [5, 5.41) is 0. The molecule has 114 valence electrons. The van der Waals surface area contributed by atoms with Gasteiger partial charge in [-0.15, -0.1) is 0 Å². The third-order valence-electron chi connectivity index (χ3n) is 6.85. The minimum atomic E-state index is 0.350. The minimum absolute atomic E-state index is 0.350. The van der Waals surface area contributed by atoms with Crippen LogP contribution in [0.25, 0.3) is 0 Å². The van der Waals surface area contributed by atoms with E-state index in [4.69, 9.17) is 0 Å². The molecule has 0 aromatic rings. The summed E-state index contributed by atoms with van der Waals surface area (Å²) in [6.45, 7) is 13.8. The number of piperidine rings is 2. The number of nitrogens with zero attached hydrogens (tertiary/aromatic N) is 2. The Labute approximate surface area is 124 Å². The highest BCUT2D eigenvalue weighted by Gasteiger charge is 2.65. The highest BCUT2D eigenvalue weighted by molar-refractivity contribution is 5.19. The van der Waals surface area contributed by atoms with E-state index in [2.05, 4.69) is 37.5 Å². The maximum Gasteiger partial charge on any atom is 0.0179 e. The van der Waals surface area contributed by atoms with Crippen LogP contribution in [0, 0.1) is 10.8 Å². The molecular weight excluding hydrogens is 244 g/mol. The van der Waals surface area contributed by atoms with Crippen molar-refractivity contribution in [2.45, 2.75) is 83.8 Å². The van der Waals surface area contributed by atoms with E-state index in [9.17, 15) is 0 Å². The summed E-state index contributed by atoms with van der Waals surface area (Å²) in [6, 6.07) is 1.67. The first-order chi connectivity index (χ1) is 9.34. The Morgan fingerprint density at radius 2 is 1.65 bits per heavy atom. The van der Waals surface area contributed by atoms with E-state index in [-0.39, 0.29) is 0 Å². The molecule has 0 amide bonds. The van der Waals surface area contributed by atoms with E-state index < -0.39 is 0 Å². The van der Waals surface area contributed by atoms with E-state index in [1.165, 1.54) is 58.2 Å². The molecule has 2 heterocycles. The Morgan fingerprint density at radius 3 is 2.15 bits per heavy atom. The Kier molecular flexibility index (Phi) is 2.72. The lowest BCUT2D eigenvalue weighted by molar-refractivity contribution is 0.104. The van der Waals surface area contributed by atoms with Gasteiger partial charge in [0.05, 0.1) is 0 Å². The molecule has 2 saturated carbocycles. The molecule has 2 unspecified atom stereocenters. The van der Waals surface area contributed by atoms with Crippen LogP contribution in [-0.4, -0.2) is 47.1 Å². The number of hydrogen-bond donors (Lipinski definition) is 0. The van der Waals surface area contributed by atoms with Gasteiger partial charge in [-0.2, -0.15) is 0 Å². The lowest BCUT2D eigenvalue weighted by atomic mass is 9.92. The van der Waals surface area contributed by atoms with Crippen LogP contribution in [0.15, 0.2) is 0 Å². The molecule has 20 heavy (non-hydrogen) atoms. The van der Waals surface area contributed by atoms with Gasteiger partial charge < -0.3 is 4.90 Å². The molecule has 3 atom stereocenters. The molecule has 2 heteroatoms. The summed E-state index contributed by atoms with van der Waals surface area (Å²) in [5.41, 5.74) is 1.85. The zero-order valence-corrected chi connectivity index (χ0v) is 13.9. The van der Waals surface area contributed by atoms with Gasteiger partial charge in [-0.1, -0.05) is 0 Å². The first-order valence-electron chi connectivity index (χ1n) is 8.85. The van der Waals surface area contributed by atoms with Crippen LogP contribution in [0.4, 0.5) is 0 Å². The summed E-state index contributed by atoms with van der Waals surface area (Å²) < 4.78 is 0. The monoisotopic (exact) mass is 276 g/mol. The van der Waals surface area contributed by atoms with Crippen molar-refractivity contribution in [1.82, 2.24) is 9.80 Å². The van der Waals surface area contributed by atoms with Crippen molar-refractivity contribution in [3.05, 3.63) is 0 Å². The van der Waals surface area contributed by atoms with Gasteiger partial charge in [0.1, 0.15) is 0 Å². The molecule has 0 aromatic carbocycles. The smallest absolute Gasteiger partial charge is 0.0179 e. The Hall–Kier alpha value is -0.0800. The minimum Gasteiger partial charge on any atom is -0.303 e. The Balaban J connectivity index is 1.39. The molecule has 1 spiro atoms. The van der Waals surface area contributed by atoms with Crippen LogP contribution in [-0.2, 0) is 0 Å². The summed E-state index contributed by atoms with van der Waals surface area (Å²) in [6.07, 6.45) is 8.96. The molecule has 0 aromatic heterocycles. The molecule has 0 bridgehead atoms. The summed E-state index contributed by atoms with van der Waals surface area (Å²) in [5.74, 6) is 0. The standard InChI is InChI=1S/C18H32N2/c1-14-11-18(12-15(18)20(14)16(2,3)4)13-19-9-7-17(5-6-17)8-10-19/h14-15H,5-13H2,1-4H3/t14-,15?,18?/m1/s1. The average molecular weight is 276 g/mol. The van der Waals surface area contributed by atoms with Gasteiger partial charge in [-0.05, 0) is 84.7 Å². The van der Waals surface area contributed by atoms with Gasteiger partial charge in [0.25, 0.3) is 0 Å². The van der Waals surface area contributed by atoms with E-state index in [1.54, 1.807) is 0 Å². The second-order valence-corrected chi connectivity index (χ2v) is 9.49. The molecule has 4 fully saturated rings. The van der Waals surface area contributed by atoms with Gasteiger partial charge in [0.15, 0.2) is 0 Å². The van der Waals surface area contributed by atoms with Crippen molar-refractivity contribution in [1.29, 1.82) is 0 Å². The molecule has 0 N–H and O–H groups in total. The third kappa shape index (κ3) is 2.06. The van der Waals surface area contributed by atoms with Gasteiger partial charge in [-0.25, -0.2) is 0 Å². The largest absolute Gasteiger partial charge is 0.303 e. The summed E-state index contributed by atoms with van der Waals surface area (Å²) in [7, 11) is 0. The second-order valence-electron chi connectivity index (χ2n) is 9.49. The summed E-state index contributed by atoms with van der Waals surface area (Å²) >= 11 is 0. The zero-order chi connectivity index (χ0) is 14.2. The Morgan fingerprint density at radius 1 is 1.00 bits per heavy atom. The lowest BCUT2D eigenvalue weighted by Gasteiger charge is -2.37. The van der Waals surface area contributed by atoms with Gasteiger partial charge >= 0.3 is 0 Å². The zero-order valence-electron chi connectivity index (χ0n) is 13.9. The van der Waals surface area contributed by atoms with Crippen LogP contribution in [0.2, 0.25) is 0 Å². The predicted octanol–water partition coefficient (Wildman–Crippen LogP) is 3.51. The molecule has 2 aliphatic heterocycles. The third-order valence-corrected chi connectivity index (χ3v) is 6.85. The van der Waals surface area contributed by atoms with Crippen molar-refractivity contribution in [2.75, 3.05) is 19.6 Å². The van der Waals surface area contributed by atoms with Crippen LogP contribution in [0.1, 0.15) is 66.2 Å². The molecule has 2 nitrogen and oxygen atoms in total. The van der Waals surface area contributed by atoms with Crippen molar-refractivity contribution in [3.8, 4) is 0 Å². The summed E-state index contributed by atoms with van der Waals surface area (Å²) in [4.78, 5) is 5.63. The van der Waals surface area contributed by atoms with Crippen LogP contribution >= 0.6 is 0 Å². The molecule has 4 rings (SSSR count). The van der Waals surface area contributed by atoms with Crippen molar-refractivity contribution in [2.24, 2.45) is 10.8 Å². The molecule has 2 aliphatic carbocycles. The fourth-order valence-corrected chi connectivity index (χ4v) is 5.60. The van der Waals surface area contributed by atoms with Crippen LogP contribution in [0.3, 0.4) is 0 Å². The molecular formula is C18H32N2. The van der Waals surface area contributed by atoms with Crippen LogP contribution < -0.4 is 0 Å². The highest BCUT2D eigenvalue weighted by Crippen LogP contribution is 2.62. The molecule has 2 saturated heterocycles. The Bertz CT molecular complexity index is 396. The quantitative estimate of drug-likeness (QED) is 0.761. The number of fused-ring (bicyclic) bond motifs is 1. The fraction of sp³-hybridized carbons (Fsp3) is 1.00. The van der Waals surface area contributed by atoms with Crippen molar-refractivity contribution in [3.63, 3.8) is 0 Å². The van der Waals surface area contributed by atoms with Gasteiger partial charge in [0.2, 0.25) is 0 Å². The van der Waals surface area contributed by atoms with E-state index in [0.717, 1.165) is 17.5 Å². The predicted molar refractivity (Wildman–Crippen MR) is 83.9 cm³/mol. The average Bonchev–Trinajstić information content (AvgIpc) is 3.21. The maximum absolute atomic E-state index is 2.82. The number of likely N-dealkylation sites (tertiary alicyclic amines) is 2. The first kappa shape index (κ1) is 13.6. The highest BCUT2D eigenvalue weighted by atomic mass is 15.3. The molecule has 4 aliphatic rings. The fourth-order valence-electron chi connectivity index (χ4n) is 5.60. The van der Waals surface area contributed by atoms with Crippen molar-refractivity contribution >= 4 is 0 Å². The van der Waals surface area contributed by atoms with Gasteiger partial charge in [0, 0.05) is 29.6 Å². The van der Waals surface area contributed by atoms with E-state index >= 15 is 0 Å². The first-order valence-corrected chi connectivity index (χ1v) is 8.85. The van der Waals surface area contributed by atoms with E-state index in [1.807, 2.05) is 0 Å². The maximum atomic E-state index is 2.82. The topological polar surface area (TPSA) is 6.48 Å². The molecule has 0 radical (unpaired) electrons. The number of rotatable bonds is 2. The SMILES string of the molecule is C[C@@H]1CC2(CN3CCC4(CC3)CC4)CC2N1C(C)(C)C. The van der Waals surface area contributed by atoms with Crippen LogP contribution in [0.5, 0.6) is 0 Å². The second kappa shape index (κ2) is 4.01. The van der Waals surface area contributed by atoms with E-state index in [0.29, 0.717) is 11.0 Å². The number of hydrogen-bond acceptors (Lipinski definition) is 2. The normalized spacial score (nSPS) is 43.8. The lowest BCUT2D eigenvalue weighted by Crippen LogP contribution is -2.45.